The first-order valence-electron chi connectivity index (χ1n) is 6.55. The van der Waals surface area contributed by atoms with E-state index in [2.05, 4.69) is 33.2 Å². The Morgan fingerprint density at radius 3 is 2.75 bits per heavy atom. The lowest BCUT2D eigenvalue weighted by molar-refractivity contribution is 0.0689. The normalized spacial score (nSPS) is 10.8. The second-order valence-corrected chi connectivity index (χ2v) is 5.39. The molecule has 0 saturated carbocycles. The molecule has 0 radical (unpaired) electrons. The summed E-state index contributed by atoms with van der Waals surface area (Å²) in [6.07, 6.45) is 2.31. The van der Waals surface area contributed by atoms with Crippen molar-refractivity contribution >= 4 is 21.9 Å². The fourth-order valence-corrected chi connectivity index (χ4v) is 2.57. The molecule has 1 N–H and O–H groups in total. The molecule has 0 saturated heterocycles. The predicted molar refractivity (Wildman–Crippen MR) is 79.4 cm³/mol. The van der Waals surface area contributed by atoms with Crippen LogP contribution in [0.25, 0.3) is 5.69 Å². The summed E-state index contributed by atoms with van der Waals surface area (Å²) in [6, 6.07) is 5.88. The third-order valence-corrected chi connectivity index (χ3v) is 3.60. The van der Waals surface area contributed by atoms with E-state index in [0.717, 1.165) is 28.6 Å². The zero-order valence-corrected chi connectivity index (χ0v) is 13.0. The van der Waals surface area contributed by atoms with Crippen LogP contribution in [0.2, 0.25) is 0 Å². The van der Waals surface area contributed by atoms with Crippen LogP contribution in [0.1, 0.15) is 42.0 Å². The lowest BCUT2D eigenvalue weighted by Gasteiger charge is -2.11. The minimum atomic E-state index is -1.03. The number of benzene rings is 1. The molecular formula is C14H16BrN3O2. The van der Waals surface area contributed by atoms with E-state index in [1.807, 2.05) is 25.1 Å². The summed E-state index contributed by atoms with van der Waals surface area (Å²) in [5, 5.41) is 17.0. The molecule has 2 rings (SSSR count). The van der Waals surface area contributed by atoms with Crippen molar-refractivity contribution in [2.75, 3.05) is 0 Å². The predicted octanol–water partition coefficient (Wildman–Crippen LogP) is 3.24. The Hall–Kier alpha value is -1.69. The second-order valence-electron chi connectivity index (χ2n) is 4.48. The molecule has 106 valence electrons. The van der Waals surface area contributed by atoms with Crippen LogP contribution in [0, 0.1) is 0 Å². The number of carboxylic acids is 1. The van der Waals surface area contributed by atoms with Gasteiger partial charge in [-0.05, 0) is 36.6 Å². The van der Waals surface area contributed by atoms with Crippen LogP contribution in [-0.4, -0.2) is 26.1 Å². The number of aromatic nitrogens is 3. The zero-order chi connectivity index (χ0) is 14.7. The van der Waals surface area contributed by atoms with Gasteiger partial charge in [-0.25, -0.2) is 9.48 Å². The molecular weight excluding hydrogens is 322 g/mol. The largest absolute Gasteiger partial charge is 0.476 e. The lowest BCUT2D eigenvalue weighted by Crippen LogP contribution is -2.08. The van der Waals surface area contributed by atoms with E-state index >= 15 is 0 Å². The highest BCUT2D eigenvalue weighted by atomic mass is 79.9. The standard InChI is InChI=1S/C14H16BrN3O2/c1-3-5-12-13(14(19)20)16-17-18(12)11-7-6-10(15)8-9(11)4-2/h6-8H,3-5H2,1-2H3,(H,19,20). The second kappa shape index (κ2) is 6.17. The van der Waals surface area contributed by atoms with E-state index in [0.29, 0.717) is 12.1 Å². The third-order valence-electron chi connectivity index (χ3n) is 3.10. The van der Waals surface area contributed by atoms with Gasteiger partial charge >= 0.3 is 5.97 Å². The number of carbonyl (C=O) groups is 1. The van der Waals surface area contributed by atoms with Crippen molar-refractivity contribution in [2.45, 2.75) is 33.1 Å². The van der Waals surface area contributed by atoms with Crippen LogP contribution >= 0.6 is 15.9 Å². The average Bonchev–Trinajstić information content (AvgIpc) is 2.83. The smallest absolute Gasteiger partial charge is 0.358 e. The highest BCUT2D eigenvalue weighted by Gasteiger charge is 2.20. The molecule has 20 heavy (non-hydrogen) atoms. The fraction of sp³-hybridized carbons (Fsp3) is 0.357. The van der Waals surface area contributed by atoms with Crippen molar-refractivity contribution in [2.24, 2.45) is 0 Å². The first kappa shape index (κ1) is 14.7. The summed E-state index contributed by atoms with van der Waals surface area (Å²) in [5.41, 5.74) is 2.67. The molecule has 6 heteroatoms. The monoisotopic (exact) mass is 337 g/mol. The number of hydrogen-bond acceptors (Lipinski definition) is 3. The number of aryl methyl sites for hydroxylation is 1. The molecule has 0 fully saturated rings. The third kappa shape index (κ3) is 2.75. The van der Waals surface area contributed by atoms with E-state index in [4.69, 9.17) is 0 Å². The molecule has 0 aliphatic carbocycles. The summed E-state index contributed by atoms with van der Waals surface area (Å²) in [5.74, 6) is -1.03. The van der Waals surface area contributed by atoms with Gasteiger partial charge in [0.05, 0.1) is 11.4 Å². The number of carboxylic acid groups (broad SMARTS) is 1. The molecule has 0 spiro atoms. The van der Waals surface area contributed by atoms with Crippen molar-refractivity contribution in [1.82, 2.24) is 15.0 Å². The van der Waals surface area contributed by atoms with E-state index in [-0.39, 0.29) is 5.69 Å². The number of hydrogen-bond donors (Lipinski definition) is 1. The molecule has 0 aliphatic rings. The number of aromatic carboxylic acids is 1. The van der Waals surface area contributed by atoms with Gasteiger partial charge in [-0.15, -0.1) is 5.10 Å². The Bertz CT molecular complexity index is 637. The maximum Gasteiger partial charge on any atom is 0.358 e. The fourth-order valence-electron chi connectivity index (χ4n) is 2.17. The van der Waals surface area contributed by atoms with Gasteiger partial charge in [-0.2, -0.15) is 0 Å². The first-order chi connectivity index (χ1) is 9.58. The Kier molecular flexibility index (Phi) is 4.54. The van der Waals surface area contributed by atoms with Gasteiger partial charge in [0.25, 0.3) is 0 Å². The van der Waals surface area contributed by atoms with Crippen molar-refractivity contribution in [1.29, 1.82) is 0 Å². The van der Waals surface area contributed by atoms with Gasteiger partial charge in [0.15, 0.2) is 5.69 Å². The number of rotatable bonds is 5. The average molecular weight is 338 g/mol. The highest BCUT2D eigenvalue weighted by molar-refractivity contribution is 9.10. The van der Waals surface area contributed by atoms with Gasteiger partial charge in [0.2, 0.25) is 0 Å². The molecule has 0 bridgehead atoms. The van der Waals surface area contributed by atoms with Crippen LogP contribution in [-0.2, 0) is 12.8 Å². The molecule has 1 heterocycles. The Morgan fingerprint density at radius 1 is 1.40 bits per heavy atom. The summed E-state index contributed by atoms with van der Waals surface area (Å²) in [4.78, 5) is 11.2. The maximum absolute atomic E-state index is 11.2. The molecule has 0 aliphatic heterocycles. The van der Waals surface area contributed by atoms with E-state index < -0.39 is 5.97 Å². The molecule has 0 atom stereocenters. The topological polar surface area (TPSA) is 68.0 Å². The van der Waals surface area contributed by atoms with E-state index in [1.165, 1.54) is 0 Å². The van der Waals surface area contributed by atoms with Crippen molar-refractivity contribution in [3.63, 3.8) is 0 Å². The van der Waals surface area contributed by atoms with E-state index in [1.54, 1.807) is 4.68 Å². The van der Waals surface area contributed by atoms with Gasteiger partial charge in [0.1, 0.15) is 0 Å². The van der Waals surface area contributed by atoms with Crippen LogP contribution in [0.5, 0.6) is 0 Å². The number of halogens is 1. The highest BCUT2D eigenvalue weighted by Crippen LogP contribution is 2.23. The molecule has 0 amide bonds. The quantitative estimate of drug-likeness (QED) is 0.909. The van der Waals surface area contributed by atoms with Crippen LogP contribution in [0.15, 0.2) is 22.7 Å². The summed E-state index contributed by atoms with van der Waals surface area (Å²) < 4.78 is 2.65. The minimum absolute atomic E-state index is 0.0387. The summed E-state index contributed by atoms with van der Waals surface area (Å²) in [6.45, 7) is 4.06. The summed E-state index contributed by atoms with van der Waals surface area (Å²) in [7, 11) is 0. The number of nitrogens with zero attached hydrogens (tertiary/aromatic N) is 3. The van der Waals surface area contributed by atoms with Crippen LogP contribution in [0.3, 0.4) is 0 Å². The molecule has 1 aromatic heterocycles. The van der Waals surface area contributed by atoms with Gasteiger partial charge in [-0.1, -0.05) is 41.4 Å². The van der Waals surface area contributed by atoms with Crippen molar-refractivity contribution < 1.29 is 9.90 Å². The SMILES string of the molecule is CCCc1c(C(=O)O)nnn1-c1ccc(Br)cc1CC. The molecule has 0 unspecified atom stereocenters. The van der Waals surface area contributed by atoms with E-state index in [9.17, 15) is 9.90 Å². The molecule has 2 aromatic rings. The minimum Gasteiger partial charge on any atom is -0.476 e. The molecule has 1 aromatic carbocycles. The summed E-state index contributed by atoms with van der Waals surface area (Å²) >= 11 is 3.45. The Balaban J connectivity index is 2.60. The van der Waals surface area contributed by atoms with Gasteiger partial charge < -0.3 is 5.11 Å². The van der Waals surface area contributed by atoms with Crippen LogP contribution in [0.4, 0.5) is 0 Å². The molecule has 5 nitrogen and oxygen atoms in total. The van der Waals surface area contributed by atoms with Gasteiger partial charge in [0, 0.05) is 4.47 Å². The van der Waals surface area contributed by atoms with Crippen molar-refractivity contribution in [3.05, 3.63) is 39.6 Å². The van der Waals surface area contributed by atoms with Crippen molar-refractivity contribution in [3.8, 4) is 5.69 Å². The Morgan fingerprint density at radius 2 is 2.15 bits per heavy atom. The first-order valence-corrected chi connectivity index (χ1v) is 7.34. The zero-order valence-electron chi connectivity index (χ0n) is 11.4. The maximum atomic E-state index is 11.2. The Labute approximate surface area is 125 Å². The lowest BCUT2D eigenvalue weighted by atomic mass is 10.1. The van der Waals surface area contributed by atoms with Gasteiger partial charge in [-0.3, -0.25) is 0 Å². The van der Waals surface area contributed by atoms with Crippen LogP contribution < -0.4 is 0 Å².